The normalized spacial score (nSPS) is 22.1. The lowest BCUT2D eigenvalue weighted by Crippen LogP contribution is -2.47. The Hall–Kier alpha value is -2.24. The van der Waals surface area contributed by atoms with Crippen LogP contribution in [0.2, 0.25) is 0 Å². The van der Waals surface area contributed by atoms with Gasteiger partial charge in [-0.15, -0.1) is 0 Å². The molecule has 2 aliphatic rings. The van der Waals surface area contributed by atoms with Crippen molar-refractivity contribution < 1.29 is 34.1 Å². The number of β-amino-alcohol motifs (C(OH)–C–C–N with tert-alkyl or cyclic N) is 2. The number of carbonyl (C=O) groups excluding carboxylic acids is 4. The molecule has 0 aromatic heterocycles. The van der Waals surface area contributed by atoms with Crippen LogP contribution in [0.1, 0.15) is 54.4 Å². The van der Waals surface area contributed by atoms with Gasteiger partial charge in [0.15, 0.2) is 0 Å². The lowest BCUT2D eigenvalue weighted by Gasteiger charge is -2.29. The van der Waals surface area contributed by atoms with Crippen molar-refractivity contribution in [2.45, 2.75) is 77.7 Å². The van der Waals surface area contributed by atoms with Crippen LogP contribution in [-0.2, 0) is 14.3 Å². The van der Waals surface area contributed by atoms with Crippen LogP contribution in [0.4, 0.5) is 9.59 Å². The van der Waals surface area contributed by atoms with Crippen molar-refractivity contribution in [1.29, 1.82) is 0 Å². The average Bonchev–Trinajstić information content (AvgIpc) is 3.02. The maximum Gasteiger partial charge on any atom is 0.327 e. The molecule has 188 valence electrons. The second-order valence-corrected chi connectivity index (χ2v) is 9.55. The fourth-order valence-corrected chi connectivity index (χ4v) is 3.94. The topological polar surface area (TPSA) is 131 Å². The lowest BCUT2D eigenvalue weighted by atomic mass is 10.0. The maximum atomic E-state index is 12.7. The molecule has 2 fully saturated rings. The van der Waals surface area contributed by atoms with Gasteiger partial charge >= 0.3 is 12.1 Å². The molecule has 6 amide bonds. The molecule has 2 aliphatic heterocycles. The van der Waals surface area contributed by atoms with Crippen molar-refractivity contribution >= 4 is 23.9 Å². The number of urea groups is 2. The third-order valence-corrected chi connectivity index (χ3v) is 6.46. The van der Waals surface area contributed by atoms with Crippen molar-refractivity contribution in [3.63, 3.8) is 0 Å². The number of aliphatic hydroxyl groups excluding tert-OH is 2. The van der Waals surface area contributed by atoms with Crippen LogP contribution in [0.25, 0.3) is 0 Å². The number of hydrogen-bond donors (Lipinski definition) is 2. The number of ether oxygens (including phenoxy) is 1. The zero-order chi connectivity index (χ0) is 25.1. The van der Waals surface area contributed by atoms with Crippen LogP contribution in [0.3, 0.4) is 0 Å². The number of aliphatic hydroxyl groups is 2. The minimum Gasteiger partial charge on any atom is -0.391 e. The Morgan fingerprint density at radius 2 is 1.06 bits per heavy atom. The third kappa shape index (κ3) is 5.30. The predicted octanol–water partition coefficient (Wildman–Crippen LogP) is 0.630. The van der Waals surface area contributed by atoms with Crippen LogP contribution >= 0.6 is 0 Å². The summed E-state index contributed by atoms with van der Waals surface area (Å²) >= 11 is 0. The van der Waals surface area contributed by atoms with Crippen LogP contribution in [0.5, 0.6) is 0 Å². The number of hydrogen-bond acceptors (Lipinski definition) is 7. The molecule has 2 saturated heterocycles. The highest BCUT2D eigenvalue weighted by atomic mass is 16.5. The molecule has 0 spiro atoms. The molecule has 2 atom stereocenters. The molecule has 0 bridgehead atoms. The Kier molecular flexibility index (Phi) is 8.47. The molecule has 11 heteroatoms. The van der Waals surface area contributed by atoms with E-state index in [1.165, 1.54) is 9.80 Å². The molecule has 2 unspecified atom stereocenters. The molecular formula is C22H38N4O7. The zero-order valence-corrected chi connectivity index (χ0v) is 20.5. The standard InChI is InChI=1S/C22H38N4O7/c1-7-15(27)13-25-19(31)23(17(29)21(25,3)4)9-11-33-12-10-24-18(30)22(5,6)26(20(24)32)14-16(28)8-2/h15-16,27-28H,7-14H2,1-6H3. The summed E-state index contributed by atoms with van der Waals surface area (Å²) in [5, 5.41) is 19.9. The molecule has 0 aromatic carbocycles. The summed E-state index contributed by atoms with van der Waals surface area (Å²) in [6, 6.07) is -0.948. The molecule has 2 N–H and O–H groups in total. The van der Waals surface area contributed by atoms with Crippen molar-refractivity contribution in [2.24, 2.45) is 0 Å². The quantitative estimate of drug-likeness (QED) is 0.316. The van der Waals surface area contributed by atoms with Crippen LogP contribution < -0.4 is 0 Å². The highest BCUT2D eigenvalue weighted by Gasteiger charge is 2.52. The first kappa shape index (κ1) is 27.0. The first-order chi connectivity index (χ1) is 15.3. The van der Waals surface area contributed by atoms with Crippen molar-refractivity contribution in [1.82, 2.24) is 19.6 Å². The number of nitrogens with zero attached hydrogens (tertiary/aromatic N) is 4. The summed E-state index contributed by atoms with van der Waals surface area (Å²) in [6.07, 6.45) is -0.488. The summed E-state index contributed by atoms with van der Waals surface area (Å²) in [7, 11) is 0. The van der Waals surface area contributed by atoms with Crippen molar-refractivity contribution in [3.8, 4) is 0 Å². The molecule has 0 saturated carbocycles. The van der Waals surface area contributed by atoms with E-state index in [-0.39, 0.29) is 51.2 Å². The van der Waals surface area contributed by atoms with E-state index in [1.54, 1.807) is 41.5 Å². The maximum absolute atomic E-state index is 12.7. The van der Waals surface area contributed by atoms with Gasteiger partial charge in [0.2, 0.25) is 0 Å². The highest BCUT2D eigenvalue weighted by Crippen LogP contribution is 2.29. The summed E-state index contributed by atoms with van der Waals surface area (Å²) < 4.78 is 5.53. The molecule has 11 nitrogen and oxygen atoms in total. The Labute approximate surface area is 195 Å². The number of rotatable bonds is 12. The highest BCUT2D eigenvalue weighted by molar-refractivity contribution is 6.07. The third-order valence-electron chi connectivity index (χ3n) is 6.46. The molecule has 33 heavy (non-hydrogen) atoms. The van der Waals surface area contributed by atoms with E-state index in [2.05, 4.69) is 0 Å². The van der Waals surface area contributed by atoms with Gasteiger partial charge in [0.1, 0.15) is 11.1 Å². The number of carbonyl (C=O) groups is 4. The minimum atomic E-state index is -1.06. The van der Waals surface area contributed by atoms with Gasteiger partial charge in [-0.25, -0.2) is 9.59 Å². The van der Waals surface area contributed by atoms with Gasteiger partial charge < -0.3 is 24.7 Å². The first-order valence-corrected chi connectivity index (χ1v) is 11.5. The molecule has 2 heterocycles. The van der Waals surface area contributed by atoms with Crippen molar-refractivity contribution in [2.75, 3.05) is 39.4 Å². The Bertz CT molecular complexity index is 708. The van der Waals surface area contributed by atoms with Crippen molar-refractivity contribution in [3.05, 3.63) is 0 Å². The Balaban J connectivity index is 1.88. The predicted molar refractivity (Wildman–Crippen MR) is 119 cm³/mol. The van der Waals surface area contributed by atoms with Gasteiger partial charge in [-0.2, -0.15) is 0 Å². The van der Waals surface area contributed by atoms with E-state index >= 15 is 0 Å². The van der Waals surface area contributed by atoms with Gasteiger partial charge in [0, 0.05) is 13.1 Å². The molecule has 0 radical (unpaired) electrons. The summed E-state index contributed by atoms with van der Waals surface area (Å²) in [6.45, 7) is 10.5. The largest absolute Gasteiger partial charge is 0.391 e. The first-order valence-electron chi connectivity index (χ1n) is 11.5. The SMILES string of the molecule is CCC(O)CN1C(=O)N(CCOCCN2C(=O)N(CC(O)CC)C(C)(C)C2=O)C(=O)C1(C)C. The Morgan fingerprint density at radius 1 is 0.727 bits per heavy atom. The smallest absolute Gasteiger partial charge is 0.327 e. The fourth-order valence-electron chi connectivity index (χ4n) is 3.94. The van der Waals surface area contributed by atoms with Gasteiger partial charge in [0.25, 0.3) is 11.8 Å². The van der Waals surface area contributed by atoms with E-state index in [1.807, 2.05) is 0 Å². The van der Waals surface area contributed by atoms with E-state index in [0.717, 1.165) is 9.80 Å². The van der Waals surface area contributed by atoms with E-state index in [9.17, 15) is 29.4 Å². The van der Waals surface area contributed by atoms with Gasteiger partial charge in [0.05, 0.1) is 38.5 Å². The van der Waals surface area contributed by atoms with Gasteiger partial charge in [-0.05, 0) is 40.5 Å². The average molecular weight is 471 g/mol. The van der Waals surface area contributed by atoms with E-state index in [0.29, 0.717) is 12.8 Å². The Morgan fingerprint density at radius 3 is 1.36 bits per heavy atom. The van der Waals surface area contributed by atoms with E-state index < -0.39 is 35.3 Å². The summed E-state index contributed by atoms with van der Waals surface area (Å²) in [5.41, 5.74) is -2.11. The zero-order valence-electron chi connectivity index (χ0n) is 20.5. The number of amides is 6. The van der Waals surface area contributed by atoms with Gasteiger partial charge in [-0.1, -0.05) is 13.8 Å². The number of imide groups is 2. The second-order valence-electron chi connectivity index (χ2n) is 9.55. The van der Waals surface area contributed by atoms with Gasteiger partial charge in [-0.3, -0.25) is 19.4 Å². The van der Waals surface area contributed by atoms with Crippen LogP contribution in [0, 0.1) is 0 Å². The van der Waals surface area contributed by atoms with Crippen LogP contribution in [0.15, 0.2) is 0 Å². The van der Waals surface area contributed by atoms with E-state index in [4.69, 9.17) is 4.74 Å². The molecule has 0 aliphatic carbocycles. The molecule has 0 aromatic rings. The minimum absolute atomic E-state index is 0.0298. The lowest BCUT2D eigenvalue weighted by molar-refractivity contribution is -0.132. The fraction of sp³-hybridized carbons (Fsp3) is 0.818. The van der Waals surface area contributed by atoms with Crippen LogP contribution in [-0.4, -0.2) is 116 Å². The second kappa shape index (κ2) is 10.4. The summed E-state index contributed by atoms with van der Waals surface area (Å²) in [4.78, 5) is 55.7. The molecular weight excluding hydrogens is 432 g/mol. The summed E-state index contributed by atoms with van der Waals surface area (Å²) in [5.74, 6) is -0.729. The molecule has 2 rings (SSSR count). The monoisotopic (exact) mass is 470 g/mol.